The lowest BCUT2D eigenvalue weighted by atomic mass is 10.3. The summed E-state index contributed by atoms with van der Waals surface area (Å²) in [7, 11) is 3.61. The van der Waals surface area contributed by atoms with Gasteiger partial charge >= 0.3 is 5.69 Å². The molecule has 1 fully saturated rings. The van der Waals surface area contributed by atoms with Crippen molar-refractivity contribution < 1.29 is 9.84 Å². The molecular formula is C20H23Br3N6O4. The van der Waals surface area contributed by atoms with Crippen molar-refractivity contribution >= 4 is 64.9 Å². The number of H-pyrrole nitrogens is 1. The number of aliphatic hydroxyl groups is 1. The first-order valence-corrected chi connectivity index (χ1v) is 12.6. The monoisotopic (exact) mass is 648 g/mol. The van der Waals surface area contributed by atoms with Gasteiger partial charge in [-0.05, 0) is 51.0 Å². The van der Waals surface area contributed by atoms with Gasteiger partial charge in [0.25, 0.3) is 5.56 Å². The Bertz CT molecular complexity index is 1270. The van der Waals surface area contributed by atoms with E-state index in [-0.39, 0.29) is 24.3 Å². The first kappa shape index (κ1) is 24.5. The number of nitrogens with zero attached hydrogens (tertiary/aromatic N) is 5. The minimum absolute atomic E-state index is 0.00957. The Labute approximate surface area is 214 Å². The lowest BCUT2D eigenvalue weighted by molar-refractivity contribution is 0.0928. The summed E-state index contributed by atoms with van der Waals surface area (Å²) in [6.45, 7) is 3.19. The summed E-state index contributed by atoms with van der Waals surface area (Å²) in [5.74, 6) is 1.11. The predicted octanol–water partition coefficient (Wildman–Crippen LogP) is 1.90. The van der Waals surface area contributed by atoms with E-state index in [0.29, 0.717) is 11.7 Å². The van der Waals surface area contributed by atoms with Crippen molar-refractivity contribution in [3.63, 3.8) is 0 Å². The number of aromatic nitrogens is 4. The van der Waals surface area contributed by atoms with Crippen molar-refractivity contribution in [1.82, 2.24) is 24.0 Å². The summed E-state index contributed by atoms with van der Waals surface area (Å²) < 4.78 is 11.2. The Morgan fingerprint density at radius 3 is 2.39 bits per heavy atom. The van der Waals surface area contributed by atoms with Gasteiger partial charge in [0.2, 0.25) is 5.95 Å². The molecule has 1 aliphatic heterocycles. The van der Waals surface area contributed by atoms with Crippen LogP contribution in [-0.2, 0) is 13.6 Å². The van der Waals surface area contributed by atoms with Crippen LogP contribution in [0.2, 0.25) is 0 Å². The highest BCUT2D eigenvalue weighted by molar-refractivity contribution is 9.11. The Hall–Kier alpha value is -1.67. The molecule has 4 rings (SSSR count). The molecule has 0 aliphatic carbocycles. The molecular weight excluding hydrogens is 628 g/mol. The number of fused-ring (bicyclic) bond motifs is 1. The molecule has 0 radical (unpaired) electrons. The van der Waals surface area contributed by atoms with Crippen LogP contribution in [0.25, 0.3) is 11.2 Å². The van der Waals surface area contributed by atoms with E-state index in [1.165, 1.54) is 4.57 Å². The summed E-state index contributed by atoms with van der Waals surface area (Å²) in [4.78, 5) is 36.1. The number of nitrogens with one attached hydrogen (secondary N) is 1. The van der Waals surface area contributed by atoms with Gasteiger partial charge in [0.05, 0.1) is 15.5 Å². The summed E-state index contributed by atoms with van der Waals surface area (Å²) in [5, 5.41) is 10.8. The Morgan fingerprint density at radius 2 is 1.76 bits per heavy atom. The van der Waals surface area contributed by atoms with Crippen LogP contribution in [0, 0.1) is 0 Å². The number of imidazole rings is 1. The van der Waals surface area contributed by atoms with Crippen LogP contribution in [-0.4, -0.2) is 75.0 Å². The van der Waals surface area contributed by atoms with Crippen molar-refractivity contribution in [1.29, 1.82) is 0 Å². The lowest BCUT2D eigenvalue weighted by Gasteiger charge is -2.33. The Morgan fingerprint density at radius 1 is 1.12 bits per heavy atom. The maximum atomic E-state index is 12.7. The molecule has 2 N–H and O–H groups in total. The summed E-state index contributed by atoms with van der Waals surface area (Å²) in [6, 6.07) is 3.70. The van der Waals surface area contributed by atoms with E-state index in [4.69, 9.17) is 4.74 Å². The standard InChI is InChI=1S/C20H23Br3N6O4/c1-26-3-5-28(6-4-26)19-24-17-15(18(31)25-20(32)27(17)2)29(19)9-12(30)10-33-16-13(22)7-11(21)8-14(16)23/h7-8,12,30H,3-6,9-10H2,1-2H3,(H,25,31,32). The fourth-order valence-corrected chi connectivity index (χ4v) is 6.24. The van der Waals surface area contributed by atoms with E-state index in [9.17, 15) is 14.7 Å². The Balaban J connectivity index is 1.66. The smallest absolute Gasteiger partial charge is 0.329 e. The molecule has 2 aromatic heterocycles. The molecule has 0 saturated carbocycles. The molecule has 3 aromatic rings. The fourth-order valence-electron chi connectivity index (χ4n) is 3.75. The number of anilines is 1. The van der Waals surface area contributed by atoms with Crippen molar-refractivity contribution in [3.8, 4) is 5.75 Å². The van der Waals surface area contributed by atoms with Gasteiger partial charge in [-0.2, -0.15) is 4.98 Å². The van der Waals surface area contributed by atoms with Gasteiger partial charge in [-0.3, -0.25) is 14.3 Å². The average Bonchev–Trinajstić information content (AvgIpc) is 3.11. The topological polar surface area (TPSA) is 109 Å². The van der Waals surface area contributed by atoms with Crippen molar-refractivity contribution in [2.45, 2.75) is 12.6 Å². The van der Waals surface area contributed by atoms with Crippen LogP contribution in [0.15, 0.2) is 35.1 Å². The number of aliphatic hydroxyl groups excluding tert-OH is 1. The van der Waals surface area contributed by atoms with Crippen molar-refractivity contribution in [3.05, 3.63) is 46.4 Å². The number of rotatable bonds is 6. The second-order valence-electron chi connectivity index (χ2n) is 7.97. The predicted molar refractivity (Wildman–Crippen MR) is 136 cm³/mol. The minimum Gasteiger partial charge on any atom is -0.488 e. The van der Waals surface area contributed by atoms with Crippen LogP contribution in [0.4, 0.5) is 5.95 Å². The molecule has 1 aromatic carbocycles. The van der Waals surface area contributed by atoms with Crippen LogP contribution in [0.3, 0.4) is 0 Å². The number of likely N-dealkylation sites (N-methyl/N-ethyl adjacent to an activating group) is 1. The third kappa shape index (κ3) is 5.06. The van der Waals surface area contributed by atoms with Gasteiger partial charge in [0, 0.05) is 37.7 Å². The third-order valence-corrected chi connectivity index (χ3v) is 7.19. The van der Waals surface area contributed by atoms with Crippen LogP contribution < -0.4 is 20.9 Å². The molecule has 3 heterocycles. The van der Waals surface area contributed by atoms with Crippen LogP contribution in [0.5, 0.6) is 5.75 Å². The number of benzene rings is 1. The molecule has 1 saturated heterocycles. The second kappa shape index (κ2) is 9.90. The first-order chi connectivity index (χ1) is 15.7. The molecule has 10 nitrogen and oxygen atoms in total. The zero-order valence-electron chi connectivity index (χ0n) is 18.0. The molecule has 0 spiro atoms. The zero-order valence-corrected chi connectivity index (χ0v) is 22.8. The number of hydrogen-bond acceptors (Lipinski definition) is 7. The second-order valence-corrected chi connectivity index (χ2v) is 10.6. The quantitative estimate of drug-likeness (QED) is 0.420. The summed E-state index contributed by atoms with van der Waals surface area (Å²) >= 11 is 10.3. The van der Waals surface area contributed by atoms with E-state index in [2.05, 4.69) is 67.6 Å². The molecule has 13 heteroatoms. The zero-order chi connectivity index (χ0) is 23.9. The molecule has 178 valence electrons. The number of piperazine rings is 1. The van der Waals surface area contributed by atoms with Gasteiger partial charge in [0.1, 0.15) is 18.5 Å². The minimum atomic E-state index is -0.937. The molecule has 0 amide bonds. The highest BCUT2D eigenvalue weighted by atomic mass is 79.9. The van der Waals surface area contributed by atoms with Crippen LogP contribution >= 0.6 is 47.8 Å². The largest absolute Gasteiger partial charge is 0.488 e. The molecule has 1 unspecified atom stereocenters. The van der Waals surface area contributed by atoms with E-state index in [1.54, 1.807) is 11.6 Å². The van der Waals surface area contributed by atoms with E-state index in [0.717, 1.165) is 39.6 Å². The van der Waals surface area contributed by atoms with Gasteiger partial charge in [-0.25, -0.2) is 4.79 Å². The number of aryl methyl sites for hydroxylation is 1. The SMILES string of the molecule is CN1CCN(c2nc3c(c(=O)[nH]c(=O)n3C)n2CC(O)COc2c(Br)cc(Br)cc2Br)CC1. The summed E-state index contributed by atoms with van der Waals surface area (Å²) in [6.07, 6.45) is -0.937. The normalized spacial score (nSPS) is 15.9. The molecule has 1 aliphatic rings. The highest BCUT2D eigenvalue weighted by Gasteiger charge is 2.25. The first-order valence-electron chi connectivity index (χ1n) is 10.2. The van der Waals surface area contributed by atoms with E-state index in [1.807, 2.05) is 19.2 Å². The fraction of sp³-hybridized carbons (Fsp3) is 0.450. The molecule has 1 atom stereocenters. The van der Waals surface area contributed by atoms with E-state index < -0.39 is 17.4 Å². The third-order valence-electron chi connectivity index (χ3n) is 5.55. The lowest BCUT2D eigenvalue weighted by Crippen LogP contribution is -2.45. The van der Waals surface area contributed by atoms with Gasteiger partial charge in [-0.15, -0.1) is 0 Å². The molecule has 33 heavy (non-hydrogen) atoms. The van der Waals surface area contributed by atoms with Gasteiger partial charge < -0.3 is 24.2 Å². The van der Waals surface area contributed by atoms with Crippen molar-refractivity contribution in [2.24, 2.45) is 7.05 Å². The average molecular weight is 651 g/mol. The number of ether oxygens (including phenoxy) is 1. The van der Waals surface area contributed by atoms with Gasteiger partial charge in [-0.1, -0.05) is 15.9 Å². The van der Waals surface area contributed by atoms with Crippen LogP contribution in [0.1, 0.15) is 0 Å². The maximum Gasteiger partial charge on any atom is 0.329 e. The van der Waals surface area contributed by atoms with Crippen molar-refractivity contribution in [2.75, 3.05) is 44.7 Å². The number of aromatic amines is 1. The molecule has 0 bridgehead atoms. The number of hydrogen-bond donors (Lipinski definition) is 2. The maximum absolute atomic E-state index is 12.7. The number of halogens is 3. The summed E-state index contributed by atoms with van der Waals surface area (Å²) in [5.41, 5.74) is -0.538. The van der Waals surface area contributed by atoms with Gasteiger partial charge in [0.15, 0.2) is 11.2 Å². The highest BCUT2D eigenvalue weighted by Crippen LogP contribution is 2.36. The van der Waals surface area contributed by atoms with E-state index >= 15 is 0 Å². The Kier molecular flexibility index (Phi) is 7.34.